The van der Waals surface area contributed by atoms with Crippen molar-refractivity contribution >= 4 is 0 Å². The van der Waals surface area contributed by atoms with Crippen LogP contribution in [-0.4, -0.2) is 39.6 Å². The molecule has 106 valence electrons. The lowest BCUT2D eigenvalue weighted by Crippen LogP contribution is -2.26. The molecule has 1 heterocycles. The molecule has 1 aromatic carbocycles. The fraction of sp³-hybridized carbons (Fsp3) is 0.600. The lowest BCUT2D eigenvalue weighted by atomic mass is 10.1. The number of hydrogen-bond donors (Lipinski definition) is 1. The molecule has 1 aliphatic heterocycles. The van der Waals surface area contributed by atoms with Crippen molar-refractivity contribution in [2.24, 2.45) is 0 Å². The summed E-state index contributed by atoms with van der Waals surface area (Å²) in [4.78, 5) is 0. The zero-order valence-electron chi connectivity index (χ0n) is 11.6. The molecule has 0 bridgehead atoms. The highest BCUT2D eigenvalue weighted by Crippen LogP contribution is 2.19. The van der Waals surface area contributed by atoms with Gasteiger partial charge in [0.15, 0.2) is 0 Å². The zero-order valence-corrected chi connectivity index (χ0v) is 11.6. The first-order valence-corrected chi connectivity index (χ1v) is 6.91. The van der Waals surface area contributed by atoms with Crippen molar-refractivity contribution in [3.8, 4) is 5.75 Å². The smallest absolute Gasteiger partial charge is 0.120 e. The van der Waals surface area contributed by atoms with Crippen LogP contribution in [0.3, 0.4) is 0 Å². The lowest BCUT2D eigenvalue weighted by molar-refractivity contribution is 0.0255. The highest BCUT2D eigenvalue weighted by Gasteiger charge is 2.15. The maximum Gasteiger partial charge on any atom is 0.120 e. The third kappa shape index (κ3) is 5.19. The molecule has 1 aliphatic rings. The number of ether oxygens (including phenoxy) is 3. The lowest BCUT2D eigenvalue weighted by Gasteiger charge is -2.23. The standard InChI is InChI=1S/C15H23NO3/c1-17-10-7-16-12-13-3-2-4-15(11-13)19-14-5-8-18-9-6-14/h2-4,11,14,16H,5-10,12H2,1H3. The number of benzene rings is 1. The molecule has 2 rings (SSSR count). The van der Waals surface area contributed by atoms with Crippen molar-refractivity contribution in [2.75, 3.05) is 33.5 Å². The Kier molecular flexibility index (Phi) is 6.14. The monoisotopic (exact) mass is 265 g/mol. The van der Waals surface area contributed by atoms with E-state index in [1.165, 1.54) is 5.56 Å². The molecule has 4 heteroatoms. The number of rotatable bonds is 7. The summed E-state index contributed by atoms with van der Waals surface area (Å²) in [6, 6.07) is 8.28. The van der Waals surface area contributed by atoms with Gasteiger partial charge in [-0.25, -0.2) is 0 Å². The summed E-state index contributed by atoms with van der Waals surface area (Å²) in [5.41, 5.74) is 1.24. The van der Waals surface area contributed by atoms with Crippen molar-refractivity contribution in [1.29, 1.82) is 0 Å². The maximum absolute atomic E-state index is 5.99. The minimum atomic E-state index is 0.297. The van der Waals surface area contributed by atoms with Crippen LogP contribution >= 0.6 is 0 Å². The summed E-state index contributed by atoms with van der Waals surface area (Å²) in [6.45, 7) is 4.06. The molecule has 0 aromatic heterocycles. The van der Waals surface area contributed by atoms with E-state index in [4.69, 9.17) is 14.2 Å². The van der Waals surface area contributed by atoms with E-state index >= 15 is 0 Å². The average molecular weight is 265 g/mol. The molecule has 19 heavy (non-hydrogen) atoms. The third-order valence-corrected chi connectivity index (χ3v) is 3.18. The normalized spacial score (nSPS) is 16.5. The van der Waals surface area contributed by atoms with Gasteiger partial charge in [-0.1, -0.05) is 12.1 Å². The first-order chi connectivity index (χ1) is 9.38. The van der Waals surface area contributed by atoms with E-state index in [0.29, 0.717) is 6.10 Å². The molecule has 0 unspecified atom stereocenters. The molecule has 4 nitrogen and oxygen atoms in total. The van der Waals surface area contributed by atoms with Crippen LogP contribution in [0.15, 0.2) is 24.3 Å². The van der Waals surface area contributed by atoms with Crippen LogP contribution in [0.2, 0.25) is 0 Å². The third-order valence-electron chi connectivity index (χ3n) is 3.18. The second kappa shape index (κ2) is 8.15. The number of methoxy groups -OCH3 is 1. The van der Waals surface area contributed by atoms with E-state index < -0.39 is 0 Å². The van der Waals surface area contributed by atoms with Crippen LogP contribution < -0.4 is 10.1 Å². The maximum atomic E-state index is 5.99. The van der Waals surface area contributed by atoms with Crippen molar-refractivity contribution in [2.45, 2.75) is 25.5 Å². The summed E-state index contributed by atoms with van der Waals surface area (Å²) in [7, 11) is 1.71. The zero-order chi connectivity index (χ0) is 13.3. The second-order valence-electron chi connectivity index (χ2n) is 4.75. The van der Waals surface area contributed by atoms with Gasteiger partial charge in [-0.2, -0.15) is 0 Å². The Hall–Kier alpha value is -1.10. The van der Waals surface area contributed by atoms with Crippen molar-refractivity contribution in [3.05, 3.63) is 29.8 Å². The summed E-state index contributed by atoms with van der Waals surface area (Å²) < 4.78 is 16.3. The van der Waals surface area contributed by atoms with Crippen molar-refractivity contribution < 1.29 is 14.2 Å². The predicted molar refractivity (Wildman–Crippen MR) is 74.5 cm³/mol. The highest BCUT2D eigenvalue weighted by molar-refractivity contribution is 5.28. The molecule has 1 fully saturated rings. The second-order valence-corrected chi connectivity index (χ2v) is 4.75. The molecule has 0 radical (unpaired) electrons. The van der Waals surface area contributed by atoms with Gasteiger partial charge in [-0.3, -0.25) is 0 Å². The van der Waals surface area contributed by atoms with Gasteiger partial charge >= 0.3 is 0 Å². The molecule has 0 saturated carbocycles. The van der Waals surface area contributed by atoms with E-state index in [1.54, 1.807) is 7.11 Å². The first kappa shape index (κ1) is 14.3. The predicted octanol–water partition coefficient (Wildman–Crippen LogP) is 1.98. The van der Waals surface area contributed by atoms with Crippen LogP contribution in [0.25, 0.3) is 0 Å². The Labute approximate surface area is 115 Å². The molecule has 0 amide bonds. The van der Waals surface area contributed by atoms with Gasteiger partial charge in [0.25, 0.3) is 0 Å². The number of hydrogen-bond acceptors (Lipinski definition) is 4. The van der Waals surface area contributed by atoms with Crippen molar-refractivity contribution in [1.82, 2.24) is 5.32 Å². The van der Waals surface area contributed by atoms with Gasteiger partial charge < -0.3 is 19.5 Å². The molecule has 0 atom stereocenters. The fourth-order valence-corrected chi connectivity index (χ4v) is 2.12. The Balaban J connectivity index is 1.80. The summed E-state index contributed by atoms with van der Waals surface area (Å²) in [6.07, 6.45) is 2.26. The van der Waals surface area contributed by atoms with Gasteiger partial charge in [0.2, 0.25) is 0 Å². The molecule has 0 spiro atoms. The average Bonchev–Trinajstić information content (AvgIpc) is 2.45. The Morgan fingerprint density at radius 3 is 2.95 bits per heavy atom. The van der Waals surface area contributed by atoms with E-state index in [0.717, 1.165) is 51.5 Å². The van der Waals surface area contributed by atoms with Gasteiger partial charge in [0.05, 0.1) is 19.8 Å². The van der Waals surface area contributed by atoms with E-state index in [9.17, 15) is 0 Å². The van der Waals surface area contributed by atoms with Gasteiger partial charge in [0, 0.05) is 33.0 Å². The Morgan fingerprint density at radius 1 is 1.32 bits per heavy atom. The fourth-order valence-electron chi connectivity index (χ4n) is 2.12. The minimum Gasteiger partial charge on any atom is -0.490 e. The Bertz CT molecular complexity index is 364. The van der Waals surface area contributed by atoms with E-state index in [-0.39, 0.29) is 0 Å². The summed E-state index contributed by atoms with van der Waals surface area (Å²) in [5, 5.41) is 3.33. The molecule has 1 aromatic rings. The molecule has 1 saturated heterocycles. The van der Waals surface area contributed by atoms with Gasteiger partial charge in [-0.05, 0) is 17.7 Å². The van der Waals surface area contributed by atoms with Crippen LogP contribution in [0, 0.1) is 0 Å². The van der Waals surface area contributed by atoms with E-state index in [1.807, 2.05) is 12.1 Å². The number of nitrogens with one attached hydrogen (secondary N) is 1. The van der Waals surface area contributed by atoms with Crippen LogP contribution in [-0.2, 0) is 16.0 Å². The quantitative estimate of drug-likeness (QED) is 0.765. The van der Waals surface area contributed by atoms with Crippen LogP contribution in [0.5, 0.6) is 5.75 Å². The van der Waals surface area contributed by atoms with Crippen molar-refractivity contribution in [3.63, 3.8) is 0 Å². The topological polar surface area (TPSA) is 39.7 Å². The van der Waals surface area contributed by atoms with Gasteiger partial charge in [0.1, 0.15) is 11.9 Å². The molecular formula is C15H23NO3. The first-order valence-electron chi connectivity index (χ1n) is 6.91. The SMILES string of the molecule is COCCNCc1cccc(OC2CCOCC2)c1. The highest BCUT2D eigenvalue weighted by atomic mass is 16.5. The van der Waals surface area contributed by atoms with Crippen LogP contribution in [0.4, 0.5) is 0 Å². The van der Waals surface area contributed by atoms with Crippen LogP contribution in [0.1, 0.15) is 18.4 Å². The molecule has 0 aliphatic carbocycles. The summed E-state index contributed by atoms with van der Waals surface area (Å²) in [5.74, 6) is 0.956. The minimum absolute atomic E-state index is 0.297. The van der Waals surface area contributed by atoms with E-state index in [2.05, 4.69) is 17.4 Å². The Morgan fingerprint density at radius 2 is 2.16 bits per heavy atom. The summed E-state index contributed by atoms with van der Waals surface area (Å²) >= 11 is 0. The largest absolute Gasteiger partial charge is 0.490 e. The molecular weight excluding hydrogens is 242 g/mol. The molecule has 1 N–H and O–H groups in total. The van der Waals surface area contributed by atoms with Gasteiger partial charge in [-0.15, -0.1) is 0 Å².